The molecule has 2 unspecified atom stereocenters. The van der Waals surface area contributed by atoms with Gasteiger partial charge in [0.2, 0.25) is 0 Å². The zero-order chi connectivity index (χ0) is 11.7. The monoisotopic (exact) mass is 217 g/mol. The van der Waals surface area contributed by atoms with Crippen LogP contribution in [0.1, 0.15) is 34.6 Å². The van der Waals surface area contributed by atoms with E-state index in [0.717, 1.165) is 19.7 Å². The van der Waals surface area contributed by atoms with E-state index in [1.807, 2.05) is 6.92 Å². The second-order valence-electron chi connectivity index (χ2n) is 4.20. The van der Waals surface area contributed by atoms with Gasteiger partial charge < -0.3 is 14.8 Å². The standard InChI is InChI=1S/C12H27NO2/c1-6-13-8-12(10(3)4)15-11(5)9-14-7-2/h10-13H,6-9H2,1-5H3. The van der Waals surface area contributed by atoms with E-state index < -0.39 is 0 Å². The van der Waals surface area contributed by atoms with Gasteiger partial charge in [-0.1, -0.05) is 20.8 Å². The summed E-state index contributed by atoms with van der Waals surface area (Å²) in [6.45, 7) is 13.9. The van der Waals surface area contributed by atoms with Crippen LogP contribution < -0.4 is 5.32 Å². The molecule has 0 amide bonds. The Hall–Kier alpha value is -0.120. The first-order valence-corrected chi connectivity index (χ1v) is 6.05. The Morgan fingerprint density at radius 3 is 2.27 bits per heavy atom. The van der Waals surface area contributed by atoms with Gasteiger partial charge in [-0.25, -0.2) is 0 Å². The molecule has 92 valence electrons. The summed E-state index contributed by atoms with van der Waals surface area (Å²) >= 11 is 0. The van der Waals surface area contributed by atoms with Crippen molar-refractivity contribution in [1.29, 1.82) is 0 Å². The van der Waals surface area contributed by atoms with Crippen molar-refractivity contribution < 1.29 is 9.47 Å². The lowest BCUT2D eigenvalue weighted by molar-refractivity contribution is -0.0616. The molecule has 0 aliphatic rings. The summed E-state index contributed by atoms with van der Waals surface area (Å²) in [5.74, 6) is 0.535. The second kappa shape index (κ2) is 9.13. The van der Waals surface area contributed by atoms with Gasteiger partial charge in [0, 0.05) is 13.2 Å². The molecule has 0 spiro atoms. The van der Waals surface area contributed by atoms with Gasteiger partial charge >= 0.3 is 0 Å². The minimum atomic E-state index is 0.177. The second-order valence-corrected chi connectivity index (χ2v) is 4.20. The molecule has 3 nitrogen and oxygen atoms in total. The summed E-state index contributed by atoms with van der Waals surface area (Å²) in [5.41, 5.74) is 0. The molecule has 0 fully saturated rings. The van der Waals surface area contributed by atoms with E-state index in [9.17, 15) is 0 Å². The molecule has 0 aromatic heterocycles. The van der Waals surface area contributed by atoms with Crippen molar-refractivity contribution in [2.45, 2.75) is 46.8 Å². The maximum absolute atomic E-state index is 5.93. The van der Waals surface area contributed by atoms with Gasteiger partial charge in [-0.15, -0.1) is 0 Å². The van der Waals surface area contributed by atoms with Crippen molar-refractivity contribution in [3.63, 3.8) is 0 Å². The quantitative estimate of drug-likeness (QED) is 0.641. The molecule has 0 rings (SSSR count). The lowest BCUT2D eigenvalue weighted by Crippen LogP contribution is -2.36. The van der Waals surface area contributed by atoms with Crippen LogP contribution in [0.5, 0.6) is 0 Å². The van der Waals surface area contributed by atoms with Crippen LogP contribution in [0, 0.1) is 5.92 Å². The smallest absolute Gasteiger partial charge is 0.0784 e. The first-order valence-electron chi connectivity index (χ1n) is 6.05. The Morgan fingerprint density at radius 2 is 1.80 bits per heavy atom. The molecule has 2 atom stereocenters. The Labute approximate surface area is 94.5 Å². The van der Waals surface area contributed by atoms with Gasteiger partial charge in [0.05, 0.1) is 18.8 Å². The highest BCUT2D eigenvalue weighted by atomic mass is 16.5. The van der Waals surface area contributed by atoms with Gasteiger partial charge in [-0.3, -0.25) is 0 Å². The molecule has 3 heteroatoms. The largest absolute Gasteiger partial charge is 0.379 e. The highest BCUT2D eigenvalue weighted by Crippen LogP contribution is 2.09. The third-order valence-electron chi connectivity index (χ3n) is 2.30. The van der Waals surface area contributed by atoms with Crippen LogP contribution in [-0.4, -0.2) is 38.5 Å². The first kappa shape index (κ1) is 14.9. The molecule has 15 heavy (non-hydrogen) atoms. The van der Waals surface area contributed by atoms with Crippen LogP contribution in [0.3, 0.4) is 0 Å². The van der Waals surface area contributed by atoms with Crippen molar-refractivity contribution in [2.24, 2.45) is 5.92 Å². The average molecular weight is 217 g/mol. The predicted octanol–water partition coefficient (Wildman–Crippen LogP) is 2.06. The fourth-order valence-corrected chi connectivity index (χ4v) is 1.35. The van der Waals surface area contributed by atoms with E-state index >= 15 is 0 Å². The number of ether oxygens (including phenoxy) is 2. The molecule has 1 N–H and O–H groups in total. The zero-order valence-corrected chi connectivity index (χ0v) is 10.9. The molecular formula is C12H27NO2. The highest BCUT2D eigenvalue weighted by molar-refractivity contribution is 4.67. The van der Waals surface area contributed by atoms with Crippen LogP contribution in [0.15, 0.2) is 0 Å². The first-order chi connectivity index (χ1) is 7.11. The van der Waals surface area contributed by atoms with Crippen LogP contribution >= 0.6 is 0 Å². The highest BCUT2D eigenvalue weighted by Gasteiger charge is 2.16. The molecular weight excluding hydrogens is 190 g/mol. The Balaban J connectivity index is 3.81. The number of hydrogen-bond donors (Lipinski definition) is 1. The SMILES string of the molecule is CCNCC(OC(C)COCC)C(C)C. The predicted molar refractivity (Wildman–Crippen MR) is 64.2 cm³/mol. The van der Waals surface area contributed by atoms with E-state index in [-0.39, 0.29) is 12.2 Å². The molecule has 0 aliphatic heterocycles. The Bertz CT molecular complexity index is 140. The van der Waals surface area contributed by atoms with Crippen LogP contribution in [0.4, 0.5) is 0 Å². The van der Waals surface area contributed by atoms with Crippen molar-refractivity contribution in [3.8, 4) is 0 Å². The molecule has 0 radical (unpaired) electrons. The summed E-state index contributed by atoms with van der Waals surface area (Å²) in [6, 6.07) is 0. The lowest BCUT2D eigenvalue weighted by atomic mass is 10.1. The molecule has 0 bridgehead atoms. The summed E-state index contributed by atoms with van der Waals surface area (Å²) in [6.07, 6.45) is 0.455. The summed E-state index contributed by atoms with van der Waals surface area (Å²) in [4.78, 5) is 0. The lowest BCUT2D eigenvalue weighted by Gasteiger charge is -2.25. The molecule has 0 aromatic rings. The van der Waals surface area contributed by atoms with E-state index in [1.165, 1.54) is 0 Å². The maximum Gasteiger partial charge on any atom is 0.0784 e. The molecule has 0 saturated carbocycles. The summed E-state index contributed by atoms with van der Waals surface area (Å²) in [7, 11) is 0. The van der Waals surface area contributed by atoms with Gasteiger partial charge in [0.15, 0.2) is 0 Å². The number of likely N-dealkylation sites (N-methyl/N-ethyl adjacent to an activating group) is 1. The van der Waals surface area contributed by atoms with Crippen molar-refractivity contribution >= 4 is 0 Å². The molecule has 0 aromatic carbocycles. The van der Waals surface area contributed by atoms with Crippen molar-refractivity contribution in [1.82, 2.24) is 5.32 Å². The van der Waals surface area contributed by atoms with Gasteiger partial charge in [0.1, 0.15) is 0 Å². The minimum absolute atomic E-state index is 0.177. The van der Waals surface area contributed by atoms with E-state index in [2.05, 4.69) is 33.0 Å². The van der Waals surface area contributed by atoms with Gasteiger partial charge in [-0.05, 0) is 26.3 Å². The van der Waals surface area contributed by atoms with Crippen LogP contribution in [-0.2, 0) is 9.47 Å². The summed E-state index contributed by atoms with van der Waals surface area (Å²) in [5, 5.41) is 3.33. The van der Waals surface area contributed by atoms with Crippen LogP contribution in [0.2, 0.25) is 0 Å². The fourth-order valence-electron chi connectivity index (χ4n) is 1.35. The topological polar surface area (TPSA) is 30.5 Å². The normalized spacial score (nSPS) is 15.6. The Kier molecular flexibility index (Phi) is 9.06. The molecule has 0 heterocycles. The third kappa shape index (κ3) is 7.77. The van der Waals surface area contributed by atoms with Gasteiger partial charge in [0.25, 0.3) is 0 Å². The van der Waals surface area contributed by atoms with Crippen molar-refractivity contribution in [3.05, 3.63) is 0 Å². The van der Waals surface area contributed by atoms with E-state index in [4.69, 9.17) is 9.47 Å². The Morgan fingerprint density at radius 1 is 1.13 bits per heavy atom. The zero-order valence-electron chi connectivity index (χ0n) is 10.9. The number of rotatable bonds is 9. The minimum Gasteiger partial charge on any atom is -0.379 e. The van der Waals surface area contributed by atoms with Gasteiger partial charge in [-0.2, -0.15) is 0 Å². The number of hydrogen-bond acceptors (Lipinski definition) is 3. The third-order valence-corrected chi connectivity index (χ3v) is 2.30. The number of nitrogens with one attached hydrogen (secondary N) is 1. The molecule has 0 aliphatic carbocycles. The van der Waals surface area contributed by atoms with E-state index in [1.54, 1.807) is 0 Å². The summed E-state index contributed by atoms with van der Waals surface area (Å²) < 4.78 is 11.3. The average Bonchev–Trinajstić information content (AvgIpc) is 2.20. The fraction of sp³-hybridized carbons (Fsp3) is 1.00. The van der Waals surface area contributed by atoms with E-state index in [0.29, 0.717) is 12.5 Å². The molecule has 0 saturated heterocycles. The van der Waals surface area contributed by atoms with Crippen LogP contribution in [0.25, 0.3) is 0 Å². The maximum atomic E-state index is 5.93. The van der Waals surface area contributed by atoms with Crippen molar-refractivity contribution in [2.75, 3.05) is 26.3 Å².